The highest BCUT2D eigenvalue weighted by atomic mass is 16.6. The number of aliphatic hydroxyl groups is 1. The third-order valence-electron chi connectivity index (χ3n) is 3.08. The molecule has 0 radical (unpaired) electrons. The van der Waals surface area contributed by atoms with Gasteiger partial charge in [0.05, 0.1) is 24.0 Å². The summed E-state index contributed by atoms with van der Waals surface area (Å²) in [6.45, 7) is 2.21. The van der Waals surface area contributed by atoms with Crippen molar-refractivity contribution in [3.05, 3.63) is 39.9 Å². The van der Waals surface area contributed by atoms with Crippen LogP contribution in [0.15, 0.2) is 24.3 Å². The lowest BCUT2D eigenvalue weighted by Crippen LogP contribution is -2.39. The summed E-state index contributed by atoms with van der Waals surface area (Å²) in [6.07, 6.45) is 0.294. The smallest absolute Gasteiger partial charge is 0.307 e. The number of nitro groups is 1. The van der Waals surface area contributed by atoms with Crippen LogP contribution in [0, 0.1) is 10.1 Å². The first-order valence-corrected chi connectivity index (χ1v) is 7.28. The summed E-state index contributed by atoms with van der Waals surface area (Å²) in [6, 6.07) is 4.38. The molecule has 0 fully saturated rings. The third kappa shape index (κ3) is 6.13. The van der Waals surface area contributed by atoms with E-state index in [1.54, 1.807) is 6.92 Å². The molecule has 0 aliphatic rings. The molecule has 1 atom stereocenters. The van der Waals surface area contributed by atoms with Crippen LogP contribution in [-0.2, 0) is 9.53 Å². The lowest BCUT2D eigenvalue weighted by atomic mass is 10.0. The molecule has 1 unspecified atom stereocenters. The Morgan fingerprint density at radius 2 is 2.00 bits per heavy atom. The molecular weight excluding hydrogens is 304 g/mol. The molecule has 0 amide bonds. The average molecular weight is 324 g/mol. The van der Waals surface area contributed by atoms with Crippen molar-refractivity contribution in [2.45, 2.75) is 25.8 Å². The second-order valence-electron chi connectivity index (χ2n) is 4.76. The fraction of sp³-hybridized carbons (Fsp3) is 0.467. The highest BCUT2D eigenvalue weighted by Gasteiger charge is 2.23. The first kappa shape index (κ1) is 18.7. The van der Waals surface area contributed by atoms with Crippen LogP contribution in [0.2, 0.25) is 0 Å². The van der Waals surface area contributed by atoms with Gasteiger partial charge in [-0.05, 0) is 32.0 Å². The summed E-state index contributed by atoms with van der Waals surface area (Å²) < 4.78 is 4.85. The number of carbonyl (C=O) groups excluding carboxylic acids is 2. The minimum atomic E-state index is -0.804. The summed E-state index contributed by atoms with van der Waals surface area (Å²) in [5, 5.41) is 22.3. The van der Waals surface area contributed by atoms with Gasteiger partial charge in [-0.15, -0.1) is 0 Å². The molecule has 0 aliphatic heterocycles. The number of ketones is 1. The molecule has 1 aromatic carbocycles. The number of nitrogens with one attached hydrogen (secondary N) is 1. The van der Waals surface area contributed by atoms with Gasteiger partial charge in [0.25, 0.3) is 5.69 Å². The molecule has 1 aromatic rings. The van der Waals surface area contributed by atoms with Gasteiger partial charge in [-0.25, -0.2) is 0 Å². The maximum atomic E-state index is 12.5. The molecule has 8 nitrogen and oxygen atoms in total. The molecule has 0 aromatic heterocycles. The fourth-order valence-electron chi connectivity index (χ4n) is 1.95. The van der Waals surface area contributed by atoms with E-state index in [1.165, 1.54) is 24.3 Å². The molecule has 0 saturated heterocycles. The van der Waals surface area contributed by atoms with Gasteiger partial charge in [-0.1, -0.05) is 0 Å². The second kappa shape index (κ2) is 9.65. The number of carbonyl (C=O) groups is 2. The summed E-state index contributed by atoms with van der Waals surface area (Å²) in [4.78, 5) is 34.1. The SMILES string of the molecule is CCOC(=O)CC(NCCCO)C(=O)c1ccc([N+](=O)[O-])cc1. The first-order chi connectivity index (χ1) is 11.0. The van der Waals surface area contributed by atoms with Crippen LogP contribution in [0.25, 0.3) is 0 Å². The molecule has 0 heterocycles. The van der Waals surface area contributed by atoms with E-state index in [4.69, 9.17) is 9.84 Å². The molecule has 126 valence electrons. The molecule has 0 saturated carbocycles. The monoisotopic (exact) mass is 324 g/mol. The van der Waals surface area contributed by atoms with E-state index in [1.807, 2.05) is 0 Å². The Labute approximate surface area is 133 Å². The second-order valence-corrected chi connectivity index (χ2v) is 4.76. The minimum Gasteiger partial charge on any atom is -0.466 e. The number of nitro benzene ring substituents is 1. The minimum absolute atomic E-state index is 0.0369. The maximum Gasteiger partial charge on any atom is 0.307 e. The summed E-state index contributed by atoms with van der Waals surface area (Å²) >= 11 is 0. The topological polar surface area (TPSA) is 119 Å². The first-order valence-electron chi connectivity index (χ1n) is 7.28. The zero-order valence-electron chi connectivity index (χ0n) is 12.9. The average Bonchev–Trinajstić information content (AvgIpc) is 2.53. The number of hydrogen-bond acceptors (Lipinski definition) is 7. The van der Waals surface area contributed by atoms with Crippen LogP contribution in [-0.4, -0.2) is 47.6 Å². The molecule has 1 rings (SSSR count). The highest BCUT2D eigenvalue weighted by molar-refractivity contribution is 6.02. The number of esters is 1. The van der Waals surface area contributed by atoms with Crippen LogP contribution in [0.4, 0.5) is 5.69 Å². The highest BCUT2D eigenvalue weighted by Crippen LogP contribution is 2.14. The van der Waals surface area contributed by atoms with Crippen molar-refractivity contribution in [3.63, 3.8) is 0 Å². The summed E-state index contributed by atoms with van der Waals surface area (Å²) in [7, 11) is 0. The molecule has 0 bridgehead atoms. The van der Waals surface area contributed by atoms with Gasteiger partial charge in [0.2, 0.25) is 0 Å². The molecule has 8 heteroatoms. The maximum absolute atomic E-state index is 12.5. The Hall–Kier alpha value is -2.32. The quantitative estimate of drug-likeness (QED) is 0.217. The van der Waals surface area contributed by atoms with Crippen LogP contribution >= 0.6 is 0 Å². The van der Waals surface area contributed by atoms with Crippen molar-refractivity contribution < 1.29 is 24.4 Å². The summed E-state index contributed by atoms with van der Waals surface area (Å²) in [5.41, 5.74) is 0.151. The lowest BCUT2D eigenvalue weighted by Gasteiger charge is -2.16. The van der Waals surface area contributed by atoms with Crippen LogP contribution in [0.1, 0.15) is 30.1 Å². The standard InChI is InChI=1S/C15H20N2O6/c1-2-23-14(19)10-13(16-8-3-9-18)15(20)11-4-6-12(7-5-11)17(21)22/h4-7,13,16,18H,2-3,8-10H2,1H3. The fourth-order valence-corrected chi connectivity index (χ4v) is 1.95. The van der Waals surface area contributed by atoms with E-state index in [0.29, 0.717) is 13.0 Å². The Morgan fingerprint density at radius 3 is 2.52 bits per heavy atom. The zero-order chi connectivity index (χ0) is 17.2. The molecule has 23 heavy (non-hydrogen) atoms. The third-order valence-corrected chi connectivity index (χ3v) is 3.08. The van der Waals surface area contributed by atoms with E-state index in [2.05, 4.69) is 5.32 Å². The molecular formula is C15H20N2O6. The van der Waals surface area contributed by atoms with Gasteiger partial charge in [0, 0.05) is 24.3 Å². The van der Waals surface area contributed by atoms with Gasteiger partial charge in [0.1, 0.15) is 0 Å². The number of rotatable bonds is 10. The van der Waals surface area contributed by atoms with E-state index in [0.717, 1.165) is 0 Å². The van der Waals surface area contributed by atoms with Crippen molar-refractivity contribution in [2.24, 2.45) is 0 Å². The van der Waals surface area contributed by atoms with Crippen LogP contribution in [0.3, 0.4) is 0 Å². The largest absolute Gasteiger partial charge is 0.466 e. The van der Waals surface area contributed by atoms with Crippen LogP contribution in [0.5, 0.6) is 0 Å². The Bertz CT molecular complexity index is 543. The van der Waals surface area contributed by atoms with Gasteiger partial charge < -0.3 is 15.2 Å². The van der Waals surface area contributed by atoms with Gasteiger partial charge >= 0.3 is 5.97 Å². The zero-order valence-corrected chi connectivity index (χ0v) is 12.9. The van der Waals surface area contributed by atoms with E-state index in [9.17, 15) is 19.7 Å². The Morgan fingerprint density at radius 1 is 1.35 bits per heavy atom. The number of non-ortho nitro benzene ring substituents is 1. The van der Waals surface area contributed by atoms with Gasteiger partial charge in [-0.2, -0.15) is 0 Å². The van der Waals surface area contributed by atoms with E-state index >= 15 is 0 Å². The van der Waals surface area contributed by atoms with Crippen molar-refractivity contribution >= 4 is 17.4 Å². The number of nitrogens with zero attached hydrogens (tertiary/aromatic N) is 1. The van der Waals surface area contributed by atoms with E-state index < -0.39 is 16.9 Å². The predicted octanol–water partition coefficient (Wildman–Crippen LogP) is 1.07. The van der Waals surface area contributed by atoms with Crippen molar-refractivity contribution in [1.82, 2.24) is 5.32 Å². The number of hydrogen-bond donors (Lipinski definition) is 2. The molecule has 0 spiro atoms. The number of benzene rings is 1. The Kier molecular flexibility index (Phi) is 7.86. The normalized spacial score (nSPS) is 11.7. The number of ether oxygens (including phenoxy) is 1. The van der Waals surface area contributed by atoms with Crippen LogP contribution < -0.4 is 5.32 Å². The van der Waals surface area contributed by atoms with Crippen molar-refractivity contribution in [1.29, 1.82) is 0 Å². The Balaban J connectivity index is 2.83. The molecule has 2 N–H and O–H groups in total. The lowest BCUT2D eigenvalue weighted by molar-refractivity contribution is -0.384. The predicted molar refractivity (Wildman–Crippen MR) is 82.2 cm³/mol. The molecule has 0 aliphatic carbocycles. The number of Topliss-reactive ketones (excluding diaryl/α,β-unsaturated/α-hetero) is 1. The van der Waals surface area contributed by atoms with Gasteiger partial charge in [-0.3, -0.25) is 19.7 Å². The van der Waals surface area contributed by atoms with Crippen molar-refractivity contribution in [3.8, 4) is 0 Å². The van der Waals surface area contributed by atoms with Crippen molar-refractivity contribution in [2.75, 3.05) is 19.8 Å². The number of aliphatic hydroxyl groups excluding tert-OH is 1. The van der Waals surface area contributed by atoms with Gasteiger partial charge in [0.15, 0.2) is 5.78 Å². The van der Waals surface area contributed by atoms with E-state index in [-0.39, 0.29) is 36.7 Å². The summed E-state index contributed by atoms with van der Waals surface area (Å²) in [5.74, 6) is -0.866.